The van der Waals surface area contributed by atoms with Gasteiger partial charge in [0, 0.05) is 13.1 Å². The Morgan fingerprint density at radius 1 is 0.821 bits per heavy atom. The normalized spacial score (nSPS) is 10.5. The Morgan fingerprint density at radius 3 is 1.57 bits per heavy atom. The first kappa shape index (κ1) is 23.1. The van der Waals surface area contributed by atoms with Crippen molar-refractivity contribution in [2.45, 2.75) is 27.7 Å². The van der Waals surface area contributed by atoms with Gasteiger partial charge in [0.1, 0.15) is 11.4 Å². The number of ether oxygens (including phenoxy) is 2. The monoisotopic (exact) mass is 393 g/mol. The number of hydrogen-bond acceptors (Lipinski definition) is 7. The molecule has 0 aliphatic rings. The number of hydrogen-bond donors (Lipinski definition) is 2. The lowest BCUT2D eigenvalue weighted by Gasteiger charge is -2.09. The number of carbonyl (C=O) groups is 4. The molecule has 28 heavy (non-hydrogen) atoms. The molecule has 154 valence electrons. The van der Waals surface area contributed by atoms with E-state index in [4.69, 9.17) is 9.47 Å². The van der Waals surface area contributed by atoms with E-state index in [1.54, 1.807) is 0 Å². The van der Waals surface area contributed by atoms with Crippen molar-refractivity contribution in [1.82, 2.24) is 15.6 Å². The molecule has 0 aliphatic heterocycles. The highest BCUT2D eigenvalue weighted by atomic mass is 16.5. The summed E-state index contributed by atoms with van der Waals surface area (Å²) in [6.45, 7) is 7.81. The van der Waals surface area contributed by atoms with E-state index in [-0.39, 0.29) is 23.2 Å². The molecule has 0 saturated carbocycles. The first-order chi connectivity index (χ1) is 13.2. The second-order valence-corrected chi connectivity index (χ2v) is 6.96. The first-order valence-electron chi connectivity index (χ1n) is 9.03. The van der Waals surface area contributed by atoms with Crippen LogP contribution in [0, 0.1) is 11.8 Å². The van der Waals surface area contributed by atoms with Crippen molar-refractivity contribution in [1.29, 1.82) is 0 Å². The van der Waals surface area contributed by atoms with Crippen molar-refractivity contribution in [3.05, 3.63) is 29.6 Å². The van der Waals surface area contributed by atoms with Crippen LogP contribution in [0.3, 0.4) is 0 Å². The van der Waals surface area contributed by atoms with Gasteiger partial charge >= 0.3 is 11.9 Å². The summed E-state index contributed by atoms with van der Waals surface area (Å²) in [6, 6.07) is 4.12. The summed E-state index contributed by atoms with van der Waals surface area (Å²) in [5, 5.41) is 5.23. The SMILES string of the molecule is CC(C)CNC(=O)COC(=O)c1cccc(C(=O)OCC(=O)NCC(C)C)n1. The van der Waals surface area contributed by atoms with Gasteiger partial charge in [-0.25, -0.2) is 14.6 Å². The summed E-state index contributed by atoms with van der Waals surface area (Å²) in [6.07, 6.45) is 0. The minimum absolute atomic E-state index is 0.143. The molecule has 0 aliphatic carbocycles. The van der Waals surface area contributed by atoms with Gasteiger partial charge in [-0.2, -0.15) is 0 Å². The second kappa shape index (κ2) is 11.7. The Hall–Kier alpha value is -2.97. The molecule has 0 unspecified atom stereocenters. The predicted octanol–water partition coefficient (Wildman–Crippen LogP) is 0.940. The highest BCUT2D eigenvalue weighted by molar-refractivity contribution is 5.93. The quantitative estimate of drug-likeness (QED) is 0.567. The molecule has 1 aromatic heterocycles. The topological polar surface area (TPSA) is 124 Å². The Morgan fingerprint density at radius 2 is 1.21 bits per heavy atom. The molecule has 0 saturated heterocycles. The maximum absolute atomic E-state index is 12.0. The summed E-state index contributed by atoms with van der Waals surface area (Å²) in [5.41, 5.74) is -0.286. The van der Waals surface area contributed by atoms with Crippen LogP contribution in [0.1, 0.15) is 48.7 Å². The second-order valence-electron chi connectivity index (χ2n) is 6.96. The third kappa shape index (κ3) is 9.11. The Balaban J connectivity index is 2.53. The number of esters is 2. The zero-order chi connectivity index (χ0) is 21.1. The van der Waals surface area contributed by atoms with Crippen LogP contribution < -0.4 is 10.6 Å². The molecule has 0 aromatic carbocycles. The fourth-order valence-electron chi connectivity index (χ4n) is 1.81. The van der Waals surface area contributed by atoms with E-state index in [0.717, 1.165) is 0 Å². The van der Waals surface area contributed by atoms with Crippen molar-refractivity contribution >= 4 is 23.8 Å². The molecule has 1 aromatic rings. The predicted molar refractivity (Wildman–Crippen MR) is 100 cm³/mol. The molecule has 2 N–H and O–H groups in total. The van der Waals surface area contributed by atoms with E-state index < -0.39 is 37.0 Å². The molecule has 1 rings (SSSR count). The number of nitrogens with zero attached hydrogens (tertiary/aromatic N) is 1. The van der Waals surface area contributed by atoms with Crippen molar-refractivity contribution in [2.24, 2.45) is 11.8 Å². The van der Waals surface area contributed by atoms with Gasteiger partial charge in [-0.3, -0.25) is 9.59 Å². The highest BCUT2D eigenvalue weighted by Crippen LogP contribution is 2.04. The standard InChI is InChI=1S/C19H27N3O6/c1-12(2)8-20-16(23)10-27-18(25)14-6-5-7-15(22-14)19(26)28-11-17(24)21-9-13(3)4/h5-7,12-13H,8-11H2,1-4H3,(H,20,23)(H,21,24). The van der Waals surface area contributed by atoms with Crippen molar-refractivity contribution in [3.63, 3.8) is 0 Å². The van der Waals surface area contributed by atoms with Crippen molar-refractivity contribution in [3.8, 4) is 0 Å². The van der Waals surface area contributed by atoms with Crippen LogP contribution in [0.25, 0.3) is 0 Å². The van der Waals surface area contributed by atoms with Crippen LogP contribution in [0.15, 0.2) is 18.2 Å². The number of carbonyl (C=O) groups excluding carboxylic acids is 4. The van der Waals surface area contributed by atoms with E-state index in [0.29, 0.717) is 13.1 Å². The van der Waals surface area contributed by atoms with Gasteiger partial charge in [0.15, 0.2) is 13.2 Å². The van der Waals surface area contributed by atoms with E-state index in [2.05, 4.69) is 15.6 Å². The molecule has 0 atom stereocenters. The maximum Gasteiger partial charge on any atom is 0.357 e. The Bertz CT molecular complexity index is 647. The minimum atomic E-state index is -0.843. The molecule has 0 fully saturated rings. The molecule has 0 bridgehead atoms. The number of rotatable bonds is 10. The average Bonchev–Trinajstić information content (AvgIpc) is 2.66. The maximum atomic E-state index is 12.0. The fraction of sp³-hybridized carbons (Fsp3) is 0.526. The molecule has 1 heterocycles. The van der Waals surface area contributed by atoms with Gasteiger partial charge in [0.05, 0.1) is 0 Å². The van der Waals surface area contributed by atoms with Gasteiger partial charge in [-0.15, -0.1) is 0 Å². The number of nitrogens with one attached hydrogen (secondary N) is 2. The van der Waals surface area contributed by atoms with Crippen LogP contribution in [0.4, 0.5) is 0 Å². The third-order valence-electron chi connectivity index (χ3n) is 3.25. The van der Waals surface area contributed by atoms with Gasteiger partial charge in [-0.1, -0.05) is 33.8 Å². The van der Waals surface area contributed by atoms with E-state index in [1.807, 2.05) is 27.7 Å². The molecule has 2 amide bonds. The zero-order valence-corrected chi connectivity index (χ0v) is 16.6. The average molecular weight is 393 g/mol. The molecule has 9 nitrogen and oxygen atoms in total. The largest absolute Gasteiger partial charge is 0.451 e. The van der Waals surface area contributed by atoms with Crippen LogP contribution in [-0.2, 0) is 19.1 Å². The van der Waals surface area contributed by atoms with Crippen LogP contribution in [-0.4, -0.2) is 55.0 Å². The van der Waals surface area contributed by atoms with Gasteiger partial charge in [0.2, 0.25) is 0 Å². The van der Waals surface area contributed by atoms with Gasteiger partial charge < -0.3 is 20.1 Å². The molecular weight excluding hydrogens is 366 g/mol. The lowest BCUT2D eigenvalue weighted by molar-refractivity contribution is -0.125. The van der Waals surface area contributed by atoms with Gasteiger partial charge in [0.25, 0.3) is 11.8 Å². The Kier molecular flexibility index (Phi) is 9.63. The minimum Gasteiger partial charge on any atom is -0.451 e. The lowest BCUT2D eigenvalue weighted by Crippen LogP contribution is -2.32. The van der Waals surface area contributed by atoms with E-state index >= 15 is 0 Å². The smallest absolute Gasteiger partial charge is 0.357 e. The van der Waals surface area contributed by atoms with E-state index in [9.17, 15) is 19.2 Å². The van der Waals surface area contributed by atoms with Crippen molar-refractivity contribution in [2.75, 3.05) is 26.3 Å². The molecule has 0 spiro atoms. The lowest BCUT2D eigenvalue weighted by atomic mass is 10.2. The number of aromatic nitrogens is 1. The first-order valence-corrected chi connectivity index (χ1v) is 9.03. The molecule has 9 heteroatoms. The molecule has 0 radical (unpaired) electrons. The van der Waals surface area contributed by atoms with E-state index in [1.165, 1.54) is 18.2 Å². The summed E-state index contributed by atoms with van der Waals surface area (Å²) < 4.78 is 9.76. The van der Waals surface area contributed by atoms with Crippen molar-refractivity contribution < 1.29 is 28.7 Å². The fourth-order valence-corrected chi connectivity index (χ4v) is 1.81. The summed E-state index contributed by atoms with van der Waals surface area (Å²) in [7, 11) is 0. The highest BCUT2D eigenvalue weighted by Gasteiger charge is 2.16. The van der Waals surface area contributed by atoms with Crippen LogP contribution in [0.2, 0.25) is 0 Å². The van der Waals surface area contributed by atoms with Crippen LogP contribution in [0.5, 0.6) is 0 Å². The number of amides is 2. The summed E-state index contributed by atoms with van der Waals surface area (Å²) >= 11 is 0. The summed E-state index contributed by atoms with van der Waals surface area (Å²) in [5.74, 6) is -1.99. The van der Waals surface area contributed by atoms with Gasteiger partial charge in [-0.05, 0) is 24.0 Å². The third-order valence-corrected chi connectivity index (χ3v) is 3.25. The Labute approximate surface area is 164 Å². The summed E-state index contributed by atoms with van der Waals surface area (Å²) in [4.78, 5) is 51.0. The zero-order valence-electron chi connectivity index (χ0n) is 16.6. The number of pyridine rings is 1. The molecular formula is C19H27N3O6. The van der Waals surface area contributed by atoms with Crippen LogP contribution >= 0.6 is 0 Å².